The molecule has 0 heterocycles. The predicted molar refractivity (Wildman–Crippen MR) is 147 cm³/mol. The number of ether oxygens (including phenoxy) is 1. The van der Waals surface area contributed by atoms with Crippen molar-refractivity contribution in [3.63, 3.8) is 0 Å². The predicted octanol–water partition coefficient (Wildman–Crippen LogP) is 5.62. The van der Waals surface area contributed by atoms with Crippen LogP contribution in [-0.4, -0.2) is 52.6 Å². The molecule has 8 heteroatoms. The van der Waals surface area contributed by atoms with Gasteiger partial charge in [0.1, 0.15) is 23.4 Å². The summed E-state index contributed by atoms with van der Waals surface area (Å²) in [4.78, 5) is 42.0. The summed E-state index contributed by atoms with van der Waals surface area (Å²) in [6.45, 7) is 15.9. The summed E-state index contributed by atoms with van der Waals surface area (Å²) in [6, 6.07) is 3.23. The van der Waals surface area contributed by atoms with Crippen LogP contribution < -0.4 is 10.6 Å². The second-order valence-electron chi connectivity index (χ2n) is 10.8. The number of nitrogens with zero attached hydrogens (tertiary/aromatic N) is 1. The van der Waals surface area contributed by atoms with Crippen molar-refractivity contribution in [3.8, 4) is 5.75 Å². The Kier molecular flexibility index (Phi) is 13.5. The van der Waals surface area contributed by atoms with Crippen molar-refractivity contribution in [1.29, 1.82) is 0 Å². The fourth-order valence-corrected chi connectivity index (χ4v) is 4.00. The molecule has 3 unspecified atom stereocenters. The van der Waals surface area contributed by atoms with Gasteiger partial charge >= 0.3 is 6.09 Å². The Bertz CT molecular complexity index is 881. The summed E-state index contributed by atoms with van der Waals surface area (Å²) in [5.41, 5.74) is 0.530. The van der Waals surface area contributed by atoms with Crippen molar-refractivity contribution in [3.05, 3.63) is 29.3 Å². The molecule has 1 aromatic carbocycles. The van der Waals surface area contributed by atoms with Crippen molar-refractivity contribution >= 4 is 17.9 Å². The Morgan fingerprint density at radius 3 is 2.24 bits per heavy atom. The van der Waals surface area contributed by atoms with Crippen LogP contribution in [0.5, 0.6) is 5.75 Å². The number of benzene rings is 1. The third-order valence-corrected chi connectivity index (χ3v) is 6.36. The number of aryl methyl sites for hydroxylation is 1. The van der Waals surface area contributed by atoms with E-state index in [-0.39, 0.29) is 23.5 Å². The summed E-state index contributed by atoms with van der Waals surface area (Å²) in [6.07, 6.45) is 4.39. The zero-order chi connectivity index (χ0) is 28.2. The van der Waals surface area contributed by atoms with E-state index in [1.807, 2.05) is 20.8 Å². The number of aromatic hydroxyl groups is 1. The molecule has 3 atom stereocenters. The number of amides is 3. The number of hydrogen-bond donors (Lipinski definition) is 3. The second-order valence-corrected chi connectivity index (χ2v) is 10.8. The molecule has 37 heavy (non-hydrogen) atoms. The first-order valence-electron chi connectivity index (χ1n) is 13.7. The van der Waals surface area contributed by atoms with Crippen LogP contribution >= 0.6 is 0 Å². The molecule has 0 radical (unpaired) electrons. The molecule has 0 aliphatic rings. The SMILES string of the molecule is CCCCCNC(=O)C(c1ccc(O)c(C)c1)N(CCCC)C(=O)C(NC(=O)OC(C)(C)C)C(C)CC. The Morgan fingerprint density at radius 2 is 1.70 bits per heavy atom. The number of alkyl carbamates (subject to hydrolysis) is 1. The first-order chi connectivity index (χ1) is 17.4. The van der Waals surface area contributed by atoms with E-state index >= 15 is 0 Å². The molecule has 0 saturated carbocycles. The van der Waals surface area contributed by atoms with Crippen LogP contribution in [0.25, 0.3) is 0 Å². The molecular formula is C29H49N3O5. The van der Waals surface area contributed by atoms with Crippen LogP contribution in [0.4, 0.5) is 4.79 Å². The smallest absolute Gasteiger partial charge is 0.408 e. The monoisotopic (exact) mass is 519 g/mol. The maximum absolute atomic E-state index is 14.1. The minimum absolute atomic E-state index is 0.126. The quantitative estimate of drug-likeness (QED) is 0.277. The maximum atomic E-state index is 14.1. The van der Waals surface area contributed by atoms with Crippen LogP contribution in [0.2, 0.25) is 0 Å². The Labute approximate surface area is 223 Å². The highest BCUT2D eigenvalue weighted by Gasteiger charge is 2.38. The number of rotatable bonds is 14. The lowest BCUT2D eigenvalue weighted by Crippen LogP contribution is -2.55. The molecule has 3 N–H and O–H groups in total. The normalized spacial score (nSPS) is 13.8. The highest BCUT2D eigenvalue weighted by Crippen LogP contribution is 2.28. The van der Waals surface area contributed by atoms with E-state index in [0.29, 0.717) is 37.1 Å². The van der Waals surface area contributed by atoms with Crippen molar-refractivity contribution in [2.45, 2.75) is 112 Å². The van der Waals surface area contributed by atoms with Gasteiger partial charge in [-0.05, 0) is 69.7 Å². The molecule has 8 nitrogen and oxygen atoms in total. The third-order valence-electron chi connectivity index (χ3n) is 6.36. The van der Waals surface area contributed by atoms with Gasteiger partial charge in [-0.25, -0.2) is 4.79 Å². The topological polar surface area (TPSA) is 108 Å². The molecule has 0 spiro atoms. The van der Waals surface area contributed by atoms with Gasteiger partial charge < -0.3 is 25.4 Å². The summed E-state index contributed by atoms with van der Waals surface area (Å²) in [5.74, 6) is -0.653. The van der Waals surface area contributed by atoms with Gasteiger partial charge in [-0.15, -0.1) is 0 Å². The fourth-order valence-electron chi connectivity index (χ4n) is 4.00. The first kappa shape index (κ1) is 32.3. The van der Waals surface area contributed by atoms with Gasteiger partial charge in [-0.3, -0.25) is 9.59 Å². The van der Waals surface area contributed by atoms with Gasteiger partial charge in [0.25, 0.3) is 0 Å². The van der Waals surface area contributed by atoms with E-state index in [1.54, 1.807) is 50.8 Å². The molecule has 0 aliphatic heterocycles. The fraction of sp³-hybridized carbons (Fsp3) is 0.690. The standard InChI is InChI=1S/C29H49N3O5/c1-9-12-14-17-30-26(34)25(22-15-16-23(33)21(5)19-22)32(18-13-10-2)27(35)24(20(4)11-3)31-28(36)37-29(6,7)8/h15-16,19-20,24-25,33H,9-14,17-18H2,1-8H3,(H,30,34)(H,31,36). The largest absolute Gasteiger partial charge is 0.508 e. The lowest BCUT2D eigenvalue weighted by atomic mass is 9.95. The summed E-state index contributed by atoms with van der Waals surface area (Å²) in [5, 5.41) is 15.9. The molecule has 1 aromatic rings. The highest BCUT2D eigenvalue weighted by molar-refractivity contribution is 5.92. The third kappa shape index (κ3) is 10.6. The molecule has 0 saturated heterocycles. The van der Waals surface area contributed by atoms with Gasteiger partial charge in [-0.2, -0.15) is 0 Å². The van der Waals surface area contributed by atoms with E-state index in [9.17, 15) is 19.5 Å². The molecule has 0 aliphatic carbocycles. The van der Waals surface area contributed by atoms with Crippen LogP contribution in [0.1, 0.15) is 104 Å². The first-order valence-corrected chi connectivity index (χ1v) is 13.7. The van der Waals surface area contributed by atoms with Gasteiger partial charge in [0.2, 0.25) is 11.8 Å². The van der Waals surface area contributed by atoms with Gasteiger partial charge in [0, 0.05) is 13.1 Å². The minimum Gasteiger partial charge on any atom is -0.508 e. The summed E-state index contributed by atoms with van der Waals surface area (Å²) < 4.78 is 5.44. The average Bonchev–Trinajstić information content (AvgIpc) is 2.82. The van der Waals surface area contributed by atoms with Gasteiger partial charge in [0.15, 0.2) is 0 Å². The number of nitrogens with one attached hydrogen (secondary N) is 2. The van der Waals surface area contributed by atoms with E-state index in [0.717, 1.165) is 25.7 Å². The van der Waals surface area contributed by atoms with E-state index in [2.05, 4.69) is 17.6 Å². The maximum Gasteiger partial charge on any atom is 0.408 e. The molecule has 210 valence electrons. The number of phenolic OH excluding ortho intramolecular Hbond substituents is 1. The Hall–Kier alpha value is -2.77. The number of unbranched alkanes of at least 4 members (excludes halogenated alkanes) is 3. The zero-order valence-electron chi connectivity index (χ0n) is 24.1. The number of hydrogen-bond acceptors (Lipinski definition) is 5. The van der Waals surface area contributed by atoms with Crippen molar-refractivity contribution < 1.29 is 24.2 Å². The molecular weight excluding hydrogens is 470 g/mol. The molecule has 1 rings (SSSR count). The van der Waals surface area contributed by atoms with Gasteiger partial charge in [-0.1, -0.05) is 59.4 Å². The molecule has 3 amide bonds. The summed E-state index contributed by atoms with van der Waals surface area (Å²) in [7, 11) is 0. The average molecular weight is 520 g/mol. The van der Waals surface area contributed by atoms with Crippen molar-refractivity contribution in [2.75, 3.05) is 13.1 Å². The minimum atomic E-state index is -0.896. The summed E-state index contributed by atoms with van der Waals surface area (Å²) >= 11 is 0. The van der Waals surface area contributed by atoms with Crippen molar-refractivity contribution in [2.24, 2.45) is 5.92 Å². The van der Waals surface area contributed by atoms with Crippen LogP contribution in [-0.2, 0) is 14.3 Å². The Morgan fingerprint density at radius 1 is 1.05 bits per heavy atom. The van der Waals surface area contributed by atoms with Gasteiger partial charge in [0.05, 0.1) is 0 Å². The van der Waals surface area contributed by atoms with Crippen LogP contribution in [0.15, 0.2) is 18.2 Å². The molecule has 0 aromatic heterocycles. The zero-order valence-corrected chi connectivity index (χ0v) is 24.1. The second kappa shape index (κ2) is 15.5. The van der Waals surface area contributed by atoms with E-state index < -0.39 is 23.8 Å². The van der Waals surface area contributed by atoms with Crippen LogP contribution in [0, 0.1) is 12.8 Å². The lowest BCUT2D eigenvalue weighted by Gasteiger charge is -2.36. The Balaban J connectivity index is 3.47. The van der Waals surface area contributed by atoms with E-state index in [1.165, 1.54) is 0 Å². The number of carbonyl (C=O) groups is 3. The van der Waals surface area contributed by atoms with Crippen LogP contribution in [0.3, 0.4) is 0 Å². The van der Waals surface area contributed by atoms with E-state index in [4.69, 9.17) is 4.74 Å². The molecule has 0 fully saturated rings. The highest BCUT2D eigenvalue weighted by atomic mass is 16.6. The van der Waals surface area contributed by atoms with Crippen molar-refractivity contribution in [1.82, 2.24) is 15.5 Å². The number of carbonyl (C=O) groups excluding carboxylic acids is 3. The molecule has 0 bridgehead atoms. The lowest BCUT2D eigenvalue weighted by molar-refractivity contribution is -0.143. The number of phenols is 1.